The van der Waals surface area contributed by atoms with Crippen LogP contribution in [0, 0.1) is 58.2 Å². The first-order valence-corrected chi connectivity index (χ1v) is 6.35. The monoisotopic (exact) mass is 394 g/mol. The number of hydrogen-bond donors (Lipinski definition) is 0. The van der Waals surface area contributed by atoms with Crippen molar-refractivity contribution >= 4 is 0 Å². The lowest BCUT2D eigenvalue weighted by molar-refractivity contribution is 0.00713. The van der Waals surface area contributed by atoms with E-state index in [1.54, 1.807) is 0 Å². The highest BCUT2D eigenvalue weighted by Gasteiger charge is 2.31. The number of rotatable bonds is 4. The fourth-order valence-corrected chi connectivity index (χ4v) is 1.73. The minimum absolute atomic E-state index is 0.635. The summed E-state index contributed by atoms with van der Waals surface area (Å²) in [5.74, 6) is -28.0. The van der Waals surface area contributed by atoms with E-state index < -0.39 is 76.0 Å². The molecule has 0 N–H and O–H groups in total. The zero-order valence-corrected chi connectivity index (χ0v) is 12.2. The molecular formula is C14H4F10O2. The van der Waals surface area contributed by atoms with Crippen LogP contribution in [-0.4, -0.2) is 6.29 Å². The van der Waals surface area contributed by atoms with Crippen LogP contribution in [0.1, 0.15) is 6.92 Å². The van der Waals surface area contributed by atoms with Crippen molar-refractivity contribution in [2.75, 3.05) is 0 Å². The summed E-state index contributed by atoms with van der Waals surface area (Å²) in [7, 11) is 0. The van der Waals surface area contributed by atoms with Crippen molar-refractivity contribution in [3.63, 3.8) is 0 Å². The summed E-state index contributed by atoms with van der Waals surface area (Å²) in [6.07, 6.45) is -2.23. The molecule has 0 saturated carbocycles. The lowest BCUT2D eigenvalue weighted by Crippen LogP contribution is -2.24. The Bertz CT molecular complexity index is 753. The van der Waals surface area contributed by atoms with Gasteiger partial charge in [-0.05, 0) is 0 Å². The summed E-state index contributed by atoms with van der Waals surface area (Å²) >= 11 is 0. The lowest BCUT2D eigenvalue weighted by atomic mass is 10.2. The fraction of sp³-hybridized carbons (Fsp3) is 0.143. The Balaban J connectivity index is 2.39. The van der Waals surface area contributed by atoms with Crippen molar-refractivity contribution in [2.45, 2.75) is 13.2 Å². The van der Waals surface area contributed by atoms with Crippen LogP contribution in [0.3, 0.4) is 0 Å². The van der Waals surface area contributed by atoms with Gasteiger partial charge in [0.25, 0.3) is 0 Å². The average Bonchev–Trinajstić information content (AvgIpc) is 2.62. The molecule has 2 rings (SSSR count). The lowest BCUT2D eigenvalue weighted by Gasteiger charge is -2.19. The molecule has 0 amide bonds. The van der Waals surface area contributed by atoms with Crippen LogP contribution in [0.5, 0.6) is 11.5 Å². The number of ether oxygens (including phenoxy) is 2. The van der Waals surface area contributed by atoms with Crippen LogP contribution in [0.25, 0.3) is 0 Å². The summed E-state index contributed by atoms with van der Waals surface area (Å²) in [5, 5.41) is 0. The molecule has 0 fully saturated rings. The second-order valence-corrected chi connectivity index (χ2v) is 4.60. The van der Waals surface area contributed by atoms with Crippen molar-refractivity contribution in [3.05, 3.63) is 58.2 Å². The molecule has 0 aliphatic rings. The predicted molar refractivity (Wildman–Crippen MR) is 63.2 cm³/mol. The molecule has 2 aromatic carbocycles. The fourth-order valence-electron chi connectivity index (χ4n) is 1.73. The second-order valence-electron chi connectivity index (χ2n) is 4.60. The summed E-state index contributed by atoms with van der Waals surface area (Å²) in [6.45, 7) is 0.635. The standard InChI is InChI=1S/C14H4F10O2/c1-2(25-13-9(21)5(17)3(15)6(18)10(13)22)26-14-11(23)7(19)4(16)8(20)12(14)24/h2H,1H3. The molecule has 0 saturated heterocycles. The van der Waals surface area contributed by atoms with E-state index in [4.69, 9.17) is 0 Å². The summed E-state index contributed by atoms with van der Waals surface area (Å²) in [5.41, 5.74) is 0. The van der Waals surface area contributed by atoms with Crippen molar-refractivity contribution < 1.29 is 53.4 Å². The molecule has 2 aromatic rings. The Morgan fingerprint density at radius 2 is 0.615 bits per heavy atom. The molecule has 0 atom stereocenters. The topological polar surface area (TPSA) is 18.5 Å². The summed E-state index contributed by atoms with van der Waals surface area (Å²) in [6, 6.07) is 0. The molecule has 0 aromatic heterocycles. The molecule has 26 heavy (non-hydrogen) atoms. The normalized spacial score (nSPS) is 11.2. The van der Waals surface area contributed by atoms with Crippen molar-refractivity contribution in [1.29, 1.82) is 0 Å². The maximum atomic E-state index is 13.4. The van der Waals surface area contributed by atoms with Crippen LogP contribution >= 0.6 is 0 Å². The average molecular weight is 394 g/mol. The maximum absolute atomic E-state index is 13.4. The molecule has 0 heterocycles. The minimum Gasteiger partial charge on any atom is -0.449 e. The van der Waals surface area contributed by atoms with Gasteiger partial charge in [-0.15, -0.1) is 0 Å². The molecule has 0 radical (unpaired) electrons. The van der Waals surface area contributed by atoms with E-state index in [1.807, 2.05) is 0 Å². The van der Waals surface area contributed by atoms with Crippen molar-refractivity contribution in [3.8, 4) is 11.5 Å². The van der Waals surface area contributed by atoms with Crippen LogP contribution in [0.4, 0.5) is 43.9 Å². The zero-order chi connectivity index (χ0) is 19.9. The third-order valence-electron chi connectivity index (χ3n) is 2.91. The molecule has 12 heteroatoms. The van der Waals surface area contributed by atoms with Gasteiger partial charge in [0.15, 0.2) is 0 Å². The molecule has 2 nitrogen and oxygen atoms in total. The maximum Gasteiger partial charge on any atom is 0.239 e. The summed E-state index contributed by atoms with van der Waals surface area (Å²) < 4.78 is 140. The van der Waals surface area contributed by atoms with Crippen molar-refractivity contribution in [2.24, 2.45) is 0 Å². The van der Waals surface area contributed by atoms with Gasteiger partial charge in [-0.3, -0.25) is 0 Å². The Morgan fingerprint density at radius 1 is 0.423 bits per heavy atom. The third kappa shape index (κ3) is 3.10. The van der Waals surface area contributed by atoms with E-state index in [2.05, 4.69) is 9.47 Å². The van der Waals surface area contributed by atoms with E-state index in [1.165, 1.54) is 0 Å². The molecule has 0 bridgehead atoms. The van der Waals surface area contributed by atoms with E-state index in [-0.39, 0.29) is 0 Å². The first-order valence-electron chi connectivity index (χ1n) is 6.35. The molecule has 0 aliphatic carbocycles. The molecule has 0 unspecified atom stereocenters. The highest BCUT2D eigenvalue weighted by Crippen LogP contribution is 2.32. The van der Waals surface area contributed by atoms with Crippen LogP contribution in [0.15, 0.2) is 0 Å². The van der Waals surface area contributed by atoms with Gasteiger partial charge in [0.1, 0.15) is 0 Å². The molecule has 0 aliphatic heterocycles. The molecule has 0 spiro atoms. The van der Waals surface area contributed by atoms with Gasteiger partial charge in [-0.25, -0.2) is 26.3 Å². The van der Waals surface area contributed by atoms with Gasteiger partial charge in [-0.2, -0.15) is 17.6 Å². The van der Waals surface area contributed by atoms with Crippen molar-refractivity contribution in [1.82, 2.24) is 0 Å². The third-order valence-corrected chi connectivity index (χ3v) is 2.91. The summed E-state index contributed by atoms with van der Waals surface area (Å²) in [4.78, 5) is 0. The number of hydrogen-bond acceptors (Lipinski definition) is 2. The molecule has 142 valence electrons. The van der Waals surface area contributed by atoms with E-state index in [9.17, 15) is 43.9 Å². The van der Waals surface area contributed by atoms with Crippen LogP contribution in [-0.2, 0) is 0 Å². The largest absolute Gasteiger partial charge is 0.449 e. The van der Waals surface area contributed by atoms with Gasteiger partial charge in [-0.1, -0.05) is 0 Å². The Morgan fingerprint density at radius 3 is 0.846 bits per heavy atom. The highest BCUT2D eigenvalue weighted by atomic mass is 19.2. The van der Waals surface area contributed by atoms with E-state index in [0.717, 1.165) is 0 Å². The van der Waals surface area contributed by atoms with Gasteiger partial charge >= 0.3 is 0 Å². The van der Waals surface area contributed by atoms with Crippen LogP contribution < -0.4 is 9.47 Å². The first-order chi connectivity index (χ1) is 12.0. The first kappa shape index (κ1) is 19.7. The number of halogens is 10. The van der Waals surface area contributed by atoms with Gasteiger partial charge in [0.2, 0.25) is 76.0 Å². The Labute approximate surface area is 137 Å². The predicted octanol–water partition coefficient (Wildman–Crippen LogP) is 4.88. The van der Waals surface area contributed by atoms with Gasteiger partial charge < -0.3 is 9.47 Å². The highest BCUT2D eigenvalue weighted by molar-refractivity contribution is 5.31. The molecular weight excluding hydrogens is 390 g/mol. The second kappa shape index (κ2) is 6.92. The van der Waals surface area contributed by atoms with E-state index in [0.29, 0.717) is 6.92 Å². The van der Waals surface area contributed by atoms with Gasteiger partial charge in [0, 0.05) is 6.92 Å². The van der Waals surface area contributed by atoms with Gasteiger partial charge in [0.05, 0.1) is 0 Å². The van der Waals surface area contributed by atoms with Crippen LogP contribution in [0.2, 0.25) is 0 Å². The minimum atomic E-state index is -2.50. The Kier molecular flexibility index (Phi) is 5.23. The quantitative estimate of drug-likeness (QED) is 0.319. The SMILES string of the molecule is CC(Oc1c(F)c(F)c(F)c(F)c1F)Oc1c(F)c(F)c(F)c(F)c1F. The number of benzene rings is 2. The smallest absolute Gasteiger partial charge is 0.239 e. The zero-order valence-electron chi connectivity index (χ0n) is 12.2. The Hall–Kier alpha value is -2.66. The van der Waals surface area contributed by atoms with E-state index >= 15 is 0 Å².